The Bertz CT molecular complexity index is 1100. The van der Waals surface area contributed by atoms with Crippen molar-refractivity contribution in [2.75, 3.05) is 26.2 Å². The summed E-state index contributed by atoms with van der Waals surface area (Å²) in [6, 6.07) is 14.1. The number of hydrogen-bond donors (Lipinski definition) is 1. The lowest BCUT2D eigenvalue weighted by molar-refractivity contribution is -0.127. The second-order valence-electron chi connectivity index (χ2n) is 8.57. The minimum absolute atomic E-state index is 0.0573. The van der Waals surface area contributed by atoms with E-state index in [1.165, 1.54) is 16.4 Å². The van der Waals surface area contributed by atoms with Gasteiger partial charge in [0.05, 0.1) is 16.4 Å². The predicted molar refractivity (Wildman–Crippen MR) is 121 cm³/mol. The average molecular weight is 474 g/mol. The van der Waals surface area contributed by atoms with Crippen LogP contribution in [-0.2, 0) is 14.8 Å². The zero-order valence-corrected chi connectivity index (χ0v) is 19.1. The summed E-state index contributed by atoms with van der Waals surface area (Å²) in [7, 11) is -3.63. The zero-order valence-electron chi connectivity index (χ0n) is 18.3. The van der Waals surface area contributed by atoms with Crippen molar-refractivity contribution >= 4 is 21.8 Å². The summed E-state index contributed by atoms with van der Waals surface area (Å²) in [5.41, 5.74) is 0.0573. The number of rotatable bonds is 5. The van der Waals surface area contributed by atoms with Crippen molar-refractivity contribution in [3.8, 4) is 0 Å². The fourth-order valence-corrected chi connectivity index (χ4v) is 6.01. The summed E-state index contributed by atoms with van der Waals surface area (Å²) in [4.78, 5) is 27.3. The molecule has 2 aliphatic heterocycles. The van der Waals surface area contributed by atoms with Crippen molar-refractivity contribution in [1.29, 1.82) is 0 Å². The molecular formula is C24H28FN3O4S. The molecule has 0 saturated carbocycles. The molecule has 2 aliphatic rings. The van der Waals surface area contributed by atoms with Crippen LogP contribution in [0.2, 0.25) is 0 Å². The molecule has 1 N–H and O–H groups in total. The van der Waals surface area contributed by atoms with Gasteiger partial charge in [0.15, 0.2) is 0 Å². The lowest BCUT2D eigenvalue weighted by atomic mass is 9.97. The highest BCUT2D eigenvalue weighted by molar-refractivity contribution is 7.89. The number of amides is 2. The molecule has 2 saturated heterocycles. The minimum atomic E-state index is -3.63. The van der Waals surface area contributed by atoms with Crippen LogP contribution in [0, 0.1) is 11.7 Å². The maximum absolute atomic E-state index is 13.9. The van der Waals surface area contributed by atoms with E-state index in [0.29, 0.717) is 45.3 Å². The summed E-state index contributed by atoms with van der Waals surface area (Å²) in [5, 5.41) is 3.04. The van der Waals surface area contributed by atoms with Crippen LogP contribution >= 0.6 is 0 Å². The van der Waals surface area contributed by atoms with Gasteiger partial charge >= 0.3 is 0 Å². The highest BCUT2D eigenvalue weighted by Gasteiger charge is 2.34. The molecule has 2 fully saturated rings. The number of carbonyl (C=O) groups is 2. The van der Waals surface area contributed by atoms with Gasteiger partial charge in [-0.2, -0.15) is 4.31 Å². The third-order valence-electron chi connectivity index (χ3n) is 6.37. The fraction of sp³-hybridized carbons (Fsp3) is 0.417. The lowest BCUT2D eigenvalue weighted by Crippen LogP contribution is -2.50. The Morgan fingerprint density at radius 1 is 0.909 bits per heavy atom. The van der Waals surface area contributed by atoms with Gasteiger partial charge in [0.1, 0.15) is 5.82 Å². The van der Waals surface area contributed by atoms with Crippen LogP contribution in [0.5, 0.6) is 0 Å². The molecule has 1 unspecified atom stereocenters. The number of benzene rings is 2. The molecule has 0 radical (unpaired) electrons. The monoisotopic (exact) mass is 473 g/mol. The Morgan fingerprint density at radius 2 is 1.58 bits per heavy atom. The topological polar surface area (TPSA) is 86.8 Å². The summed E-state index contributed by atoms with van der Waals surface area (Å²) in [5.74, 6) is -1.44. The average Bonchev–Trinajstić information content (AvgIpc) is 2.85. The van der Waals surface area contributed by atoms with Gasteiger partial charge in [-0.25, -0.2) is 12.8 Å². The van der Waals surface area contributed by atoms with E-state index in [1.54, 1.807) is 47.4 Å². The number of nitrogens with one attached hydrogen (secondary N) is 1. The Balaban J connectivity index is 1.31. The van der Waals surface area contributed by atoms with Crippen molar-refractivity contribution in [1.82, 2.24) is 14.5 Å². The van der Waals surface area contributed by atoms with E-state index >= 15 is 0 Å². The number of hydrogen-bond acceptors (Lipinski definition) is 4. The Kier molecular flexibility index (Phi) is 7.09. The first-order valence-corrected chi connectivity index (χ1v) is 12.7. The van der Waals surface area contributed by atoms with E-state index in [0.717, 1.165) is 0 Å². The number of sulfonamides is 1. The molecule has 0 aliphatic carbocycles. The van der Waals surface area contributed by atoms with Gasteiger partial charge in [0.2, 0.25) is 15.9 Å². The first kappa shape index (κ1) is 23.4. The van der Waals surface area contributed by atoms with Crippen LogP contribution in [-0.4, -0.2) is 61.7 Å². The largest absolute Gasteiger partial charge is 0.353 e. The van der Waals surface area contributed by atoms with E-state index in [1.807, 2.05) is 0 Å². The molecule has 0 spiro atoms. The van der Waals surface area contributed by atoms with E-state index in [-0.39, 0.29) is 34.9 Å². The molecular weight excluding hydrogens is 445 g/mol. The highest BCUT2D eigenvalue weighted by Crippen LogP contribution is 2.24. The van der Waals surface area contributed by atoms with E-state index in [4.69, 9.17) is 0 Å². The molecule has 2 amide bonds. The minimum Gasteiger partial charge on any atom is -0.353 e. The van der Waals surface area contributed by atoms with Crippen LogP contribution in [0.1, 0.15) is 36.0 Å². The maximum atomic E-state index is 13.9. The molecule has 0 bridgehead atoms. The first-order valence-electron chi connectivity index (χ1n) is 11.3. The molecule has 0 aromatic heterocycles. The third kappa shape index (κ3) is 5.25. The van der Waals surface area contributed by atoms with Gasteiger partial charge in [-0.15, -0.1) is 0 Å². The maximum Gasteiger partial charge on any atom is 0.256 e. The van der Waals surface area contributed by atoms with Gasteiger partial charge in [-0.05, 0) is 49.9 Å². The van der Waals surface area contributed by atoms with Gasteiger partial charge < -0.3 is 10.2 Å². The SMILES string of the molecule is O=C(NC1CCN(C(=O)c2ccccc2F)CC1)C1CCCN(S(=O)(=O)c2ccccc2)C1. The number of likely N-dealkylation sites (tertiary alicyclic amines) is 1. The van der Waals surface area contributed by atoms with Crippen molar-refractivity contribution in [3.05, 3.63) is 66.0 Å². The number of halogens is 1. The lowest BCUT2D eigenvalue weighted by Gasteiger charge is -2.35. The van der Waals surface area contributed by atoms with Gasteiger partial charge in [0, 0.05) is 32.2 Å². The second-order valence-corrected chi connectivity index (χ2v) is 10.5. The summed E-state index contributed by atoms with van der Waals surface area (Å²) < 4.78 is 41.1. The molecule has 9 heteroatoms. The molecule has 1 atom stereocenters. The predicted octanol–water partition coefficient (Wildman–Crippen LogP) is 2.65. The molecule has 33 heavy (non-hydrogen) atoms. The van der Waals surface area contributed by atoms with Crippen molar-refractivity contribution < 1.29 is 22.4 Å². The summed E-state index contributed by atoms with van der Waals surface area (Å²) >= 11 is 0. The normalized spacial score (nSPS) is 20.4. The van der Waals surface area contributed by atoms with E-state index in [2.05, 4.69) is 5.32 Å². The third-order valence-corrected chi connectivity index (χ3v) is 8.25. The van der Waals surface area contributed by atoms with E-state index < -0.39 is 21.8 Å². The van der Waals surface area contributed by atoms with Crippen molar-refractivity contribution in [2.24, 2.45) is 5.92 Å². The standard InChI is InChI=1S/C24H28FN3O4S/c25-22-11-5-4-10-21(22)24(30)27-15-12-19(13-16-27)26-23(29)18-7-6-14-28(17-18)33(31,32)20-8-2-1-3-9-20/h1-5,8-11,18-19H,6-7,12-17H2,(H,26,29). The Labute approximate surface area is 193 Å². The zero-order chi connectivity index (χ0) is 23.4. The number of nitrogens with zero attached hydrogens (tertiary/aromatic N) is 2. The molecule has 2 aromatic rings. The molecule has 2 heterocycles. The van der Waals surface area contributed by atoms with Gasteiger partial charge in [-0.1, -0.05) is 30.3 Å². The highest BCUT2D eigenvalue weighted by atomic mass is 32.2. The number of piperidine rings is 2. The fourth-order valence-electron chi connectivity index (χ4n) is 4.47. The molecule has 176 valence electrons. The van der Waals surface area contributed by atoms with Gasteiger partial charge in [-0.3, -0.25) is 9.59 Å². The Morgan fingerprint density at radius 3 is 2.27 bits per heavy atom. The molecule has 7 nitrogen and oxygen atoms in total. The van der Waals surface area contributed by atoms with Crippen LogP contribution < -0.4 is 5.32 Å². The summed E-state index contributed by atoms with van der Waals surface area (Å²) in [6.45, 7) is 1.42. The summed E-state index contributed by atoms with van der Waals surface area (Å²) in [6.07, 6.45) is 2.41. The Hall–Kier alpha value is -2.78. The van der Waals surface area contributed by atoms with Crippen molar-refractivity contribution in [2.45, 2.75) is 36.6 Å². The molecule has 2 aromatic carbocycles. The quantitative estimate of drug-likeness (QED) is 0.723. The number of carbonyl (C=O) groups excluding carboxylic acids is 2. The van der Waals surface area contributed by atoms with Crippen LogP contribution in [0.25, 0.3) is 0 Å². The van der Waals surface area contributed by atoms with Crippen LogP contribution in [0.15, 0.2) is 59.5 Å². The van der Waals surface area contributed by atoms with Crippen molar-refractivity contribution in [3.63, 3.8) is 0 Å². The van der Waals surface area contributed by atoms with Crippen LogP contribution in [0.3, 0.4) is 0 Å². The first-order chi connectivity index (χ1) is 15.9. The smallest absolute Gasteiger partial charge is 0.256 e. The van der Waals surface area contributed by atoms with E-state index in [9.17, 15) is 22.4 Å². The van der Waals surface area contributed by atoms with Gasteiger partial charge in [0.25, 0.3) is 5.91 Å². The molecule has 4 rings (SSSR count). The van der Waals surface area contributed by atoms with Crippen LogP contribution in [0.4, 0.5) is 4.39 Å². The second kappa shape index (κ2) is 10.0.